The Kier molecular flexibility index (Phi) is 12.7. The number of unbranched alkanes of at least 4 members (excludes halogenated alkanes) is 2. The molecule has 1 rings (SSSR count). The highest BCUT2D eigenvalue weighted by Gasteiger charge is 2.08. The highest BCUT2D eigenvalue weighted by Crippen LogP contribution is 2.17. The number of carbonyl (C=O) groups is 2. The first-order chi connectivity index (χ1) is 11.9. The van der Waals surface area contributed by atoms with E-state index in [0.717, 1.165) is 25.7 Å². The number of nitro benzene ring substituents is 1. The summed E-state index contributed by atoms with van der Waals surface area (Å²) in [6, 6.07) is 5.21. The van der Waals surface area contributed by atoms with E-state index < -0.39 is 16.5 Å². The number of nitrogens with zero attached hydrogens (tertiary/aromatic N) is 1. The largest absolute Gasteiger partial charge is 0.513 e. The molecule has 0 heterocycles. The van der Waals surface area contributed by atoms with E-state index in [9.17, 15) is 19.7 Å². The van der Waals surface area contributed by atoms with Crippen molar-refractivity contribution in [3.05, 3.63) is 34.4 Å². The molecule has 0 atom stereocenters. The third kappa shape index (κ3) is 12.7. The van der Waals surface area contributed by atoms with E-state index in [1.54, 1.807) is 0 Å². The van der Waals surface area contributed by atoms with Crippen molar-refractivity contribution in [3.63, 3.8) is 0 Å². The minimum atomic E-state index is -0.799. The van der Waals surface area contributed by atoms with Gasteiger partial charge in [0.25, 0.3) is 5.69 Å². The summed E-state index contributed by atoms with van der Waals surface area (Å²) >= 11 is 4.85. The van der Waals surface area contributed by atoms with Gasteiger partial charge in [-0.2, -0.15) is 0 Å². The van der Waals surface area contributed by atoms with Crippen LogP contribution in [0.5, 0.6) is 5.75 Å². The highest BCUT2D eigenvalue weighted by molar-refractivity contribution is 6.61. The third-order valence-electron chi connectivity index (χ3n) is 2.68. The van der Waals surface area contributed by atoms with Gasteiger partial charge < -0.3 is 14.2 Å². The van der Waals surface area contributed by atoms with E-state index >= 15 is 0 Å². The van der Waals surface area contributed by atoms with Crippen molar-refractivity contribution in [1.82, 2.24) is 0 Å². The number of halogens is 1. The fraction of sp³-hybridized carbons (Fsp3) is 0.500. The zero-order valence-corrected chi connectivity index (χ0v) is 15.0. The van der Waals surface area contributed by atoms with Crippen molar-refractivity contribution in [2.24, 2.45) is 0 Å². The van der Waals surface area contributed by atoms with Gasteiger partial charge in [0.05, 0.1) is 18.1 Å². The van der Waals surface area contributed by atoms with Crippen LogP contribution >= 0.6 is 11.6 Å². The quantitative estimate of drug-likeness (QED) is 0.156. The first kappa shape index (κ1) is 22.6. The van der Waals surface area contributed by atoms with E-state index in [2.05, 4.69) is 4.74 Å². The molecule has 0 saturated carbocycles. The summed E-state index contributed by atoms with van der Waals surface area (Å²) in [5, 5.41) is 10.4. The summed E-state index contributed by atoms with van der Waals surface area (Å²) in [5.74, 6) is 0.220. The SMILES string of the molecule is CCCCOC(=O)Cl.CCCCOC(=O)Oc1ccc([N+](=O)[O-])cc1. The molecule has 140 valence electrons. The molecular formula is C16H22ClNO7. The number of benzene rings is 1. The van der Waals surface area contributed by atoms with Crippen molar-refractivity contribution in [1.29, 1.82) is 0 Å². The average molecular weight is 376 g/mol. The Morgan fingerprint density at radius 1 is 1.04 bits per heavy atom. The zero-order valence-electron chi connectivity index (χ0n) is 14.2. The van der Waals surface area contributed by atoms with Crippen LogP contribution in [0.4, 0.5) is 15.3 Å². The molecular weight excluding hydrogens is 354 g/mol. The fourth-order valence-electron chi connectivity index (χ4n) is 1.36. The molecule has 0 aliphatic heterocycles. The lowest BCUT2D eigenvalue weighted by Gasteiger charge is -2.04. The summed E-state index contributed by atoms with van der Waals surface area (Å²) < 4.78 is 14.0. The van der Waals surface area contributed by atoms with E-state index in [-0.39, 0.29) is 11.4 Å². The van der Waals surface area contributed by atoms with E-state index in [0.29, 0.717) is 13.2 Å². The Morgan fingerprint density at radius 2 is 1.56 bits per heavy atom. The van der Waals surface area contributed by atoms with Gasteiger partial charge in [-0.15, -0.1) is 0 Å². The second-order valence-corrected chi connectivity index (χ2v) is 5.05. The lowest BCUT2D eigenvalue weighted by molar-refractivity contribution is -0.384. The second-order valence-electron chi connectivity index (χ2n) is 4.74. The molecule has 0 amide bonds. The maximum atomic E-state index is 11.1. The van der Waals surface area contributed by atoms with Gasteiger partial charge >= 0.3 is 11.6 Å². The van der Waals surface area contributed by atoms with E-state index in [4.69, 9.17) is 21.1 Å². The van der Waals surface area contributed by atoms with Crippen LogP contribution in [-0.2, 0) is 9.47 Å². The standard InChI is InChI=1S/C11H13NO5.C5H9ClO2/c1-2-3-8-16-11(13)17-10-6-4-9(5-7-10)12(14)15;1-2-3-4-8-5(6)7/h4-7H,2-3,8H2,1H3;2-4H2,1H3. The number of hydrogen-bond donors (Lipinski definition) is 0. The molecule has 0 fully saturated rings. The molecule has 0 saturated heterocycles. The van der Waals surface area contributed by atoms with Gasteiger partial charge in [0.1, 0.15) is 5.75 Å². The lowest BCUT2D eigenvalue weighted by Crippen LogP contribution is -2.11. The Bertz CT molecular complexity index is 534. The van der Waals surface area contributed by atoms with Crippen LogP contribution in [0.2, 0.25) is 0 Å². The van der Waals surface area contributed by atoms with Crippen LogP contribution in [0.15, 0.2) is 24.3 Å². The third-order valence-corrected chi connectivity index (χ3v) is 2.79. The highest BCUT2D eigenvalue weighted by atomic mass is 35.5. The maximum Gasteiger partial charge on any atom is 0.513 e. The first-order valence-electron chi connectivity index (χ1n) is 7.82. The number of ether oxygens (including phenoxy) is 3. The molecule has 0 radical (unpaired) electrons. The Morgan fingerprint density at radius 3 is 2.00 bits per heavy atom. The lowest BCUT2D eigenvalue weighted by atomic mass is 10.3. The van der Waals surface area contributed by atoms with Crippen molar-refractivity contribution in [2.45, 2.75) is 39.5 Å². The molecule has 8 nitrogen and oxygen atoms in total. The van der Waals surface area contributed by atoms with Crippen molar-refractivity contribution in [2.75, 3.05) is 13.2 Å². The van der Waals surface area contributed by atoms with Crippen LogP contribution in [-0.4, -0.2) is 29.7 Å². The Hall–Kier alpha value is -2.35. The van der Waals surface area contributed by atoms with Gasteiger partial charge in [-0.05, 0) is 25.0 Å². The first-order valence-corrected chi connectivity index (χ1v) is 8.19. The van der Waals surface area contributed by atoms with Crippen molar-refractivity contribution >= 4 is 28.9 Å². The fourth-order valence-corrected chi connectivity index (χ4v) is 1.44. The molecule has 0 spiro atoms. The molecule has 0 aromatic heterocycles. The predicted molar refractivity (Wildman–Crippen MR) is 92.1 cm³/mol. The monoisotopic (exact) mass is 375 g/mol. The van der Waals surface area contributed by atoms with Crippen LogP contribution in [0.1, 0.15) is 39.5 Å². The smallest absolute Gasteiger partial charge is 0.454 e. The van der Waals surface area contributed by atoms with Gasteiger partial charge in [-0.1, -0.05) is 26.7 Å². The Balaban J connectivity index is 0.000000609. The van der Waals surface area contributed by atoms with Gasteiger partial charge in [0.15, 0.2) is 0 Å². The summed E-state index contributed by atoms with van der Waals surface area (Å²) in [6.45, 7) is 4.74. The van der Waals surface area contributed by atoms with Crippen LogP contribution in [0, 0.1) is 10.1 Å². The molecule has 25 heavy (non-hydrogen) atoms. The van der Waals surface area contributed by atoms with Gasteiger partial charge in [0, 0.05) is 23.7 Å². The Labute approximate surface area is 151 Å². The molecule has 1 aromatic carbocycles. The minimum Gasteiger partial charge on any atom is -0.454 e. The summed E-state index contributed by atoms with van der Waals surface area (Å²) in [4.78, 5) is 30.8. The molecule has 0 aliphatic rings. The number of rotatable bonds is 8. The van der Waals surface area contributed by atoms with Crippen LogP contribution in [0.25, 0.3) is 0 Å². The minimum absolute atomic E-state index is 0.0586. The summed E-state index contributed by atoms with van der Waals surface area (Å²) in [5.41, 5.74) is -0.768. The second kappa shape index (κ2) is 14.0. The molecule has 9 heteroatoms. The van der Waals surface area contributed by atoms with Gasteiger partial charge in [-0.3, -0.25) is 10.1 Å². The molecule has 0 aliphatic carbocycles. The van der Waals surface area contributed by atoms with E-state index in [1.807, 2.05) is 13.8 Å². The number of hydrogen-bond acceptors (Lipinski definition) is 7. The number of nitro groups is 1. The topological polar surface area (TPSA) is 105 Å². The van der Waals surface area contributed by atoms with Crippen molar-refractivity contribution in [3.8, 4) is 5.75 Å². The van der Waals surface area contributed by atoms with Crippen LogP contribution in [0.3, 0.4) is 0 Å². The predicted octanol–water partition coefficient (Wildman–Crippen LogP) is 5.07. The number of carbonyl (C=O) groups excluding carboxylic acids is 2. The average Bonchev–Trinajstić information content (AvgIpc) is 2.56. The van der Waals surface area contributed by atoms with E-state index in [1.165, 1.54) is 24.3 Å². The zero-order chi connectivity index (χ0) is 19.1. The summed E-state index contributed by atoms with van der Waals surface area (Å²) in [7, 11) is 0. The van der Waals surface area contributed by atoms with Gasteiger partial charge in [-0.25, -0.2) is 9.59 Å². The van der Waals surface area contributed by atoms with Crippen LogP contribution < -0.4 is 4.74 Å². The molecule has 0 unspecified atom stereocenters. The molecule has 1 aromatic rings. The molecule has 0 bridgehead atoms. The van der Waals surface area contributed by atoms with Crippen molar-refractivity contribution < 1.29 is 28.7 Å². The summed E-state index contributed by atoms with van der Waals surface area (Å²) in [6.07, 6.45) is 2.80. The maximum absolute atomic E-state index is 11.1. The van der Waals surface area contributed by atoms with Gasteiger partial charge in [0.2, 0.25) is 0 Å². The molecule has 0 N–H and O–H groups in total. The normalized spacial score (nSPS) is 9.40. The number of non-ortho nitro benzene ring substituents is 1.